The SMILES string of the molecule is Cc1c(C(=O)O)cc(F)c2c1OC(C)(C1CCC(NC(=O)OC(C)(C)C)CC1)O2. The van der Waals surface area contributed by atoms with Crippen LogP contribution in [0.2, 0.25) is 0 Å². The quantitative estimate of drug-likeness (QED) is 0.768. The fraction of sp³-hybridized carbons (Fsp3) is 0.619. The first-order valence-electron chi connectivity index (χ1n) is 9.83. The Morgan fingerprint density at radius 2 is 1.79 bits per heavy atom. The second-order valence-electron chi connectivity index (χ2n) is 8.91. The number of carbonyl (C=O) groups is 2. The van der Waals surface area contributed by atoms with Crippen molar-refractivity contribution in [2.45, 2.75) is 77.7 Å². The number of rotatable bonds is 3. The van der Waals surface area contributed by atoms with Gasteiger partial charge in [0.25, 0.3) is 5.79 Å². The maximum Gasteiger partial charge on any atom is 0.407 e. The molecular formula is C21H28FNO6. The molecule has 1 aromatic rings. The topological polar surface area (TPSA) is 94.1 Å². The monoisotopic (exact) mass is 409 g/mol. The third kappa shape index (κ3) is 4.41. The highest BCUT2D eigenvalue weighted by molar-refractivity contribution is 5.91. The number of hydrogen-bond donors (Lipinski definition) is 2. The van der Waals surface area contributed by atoms with Crippen LogP contribution in [0.4, 0.5) is 9.18 Å². The number of carboxylic acids is 1. The minimum absolute atomic E-state index is 0.00874. The van der Waals surface area contributed by atoms with Gasteiger partial charge in [-0.25, -0.2) is 14.0 Å². The Balaban J connectivity index is 1.66. The summed E-state index contributed by atoms with van der Waals surface area (Å²) in [6.45, 7) is 8.77. The van der Waals surface area contributed by atoms with Crippen molar-refractivity contribution in [1.29, 1.82) is 0 Å². The summed E-state index contributed by atoms with van der Waals surface area (Å²) in [6, 6.07) is 0.957. The van der Waals surface area contributed by atoms with E-state index in [-0.39, 0.29) is 29.0 Å². The van der Waals surface area contributed by atoms with E-state index >= 15 is 0 Å². The zero-order chi connectivity index (χ0) is 21.6. The van der Waals surface area contributed by atoms with Crippen molar-refractivity contribution in [3.8, 4) is 11.5 Å². The third-order valence-electron chi connectivity index (χ3n) is 5.47. The predicted molar refractivity (Wildman–Crippen MR) is 103 cm³/mol. The Morgan fingerprint density at radius 3 is 2.34 bits per heavy atom. The number of ether oxygens (including phenoxy) is 3. The van der Waals surface area contributed by atoms with Crippen LogP contribution in [0.25, 0.3) is 0 Å². The minimum Gasteiger partial charge on any atom is -0.478 e. The molecule has 1 aromatic carbocycles. The minimum atomic E-state index is -1.21. The zero-order valence-corrected chi connectivity index (χ0v) is 17.4. The zero-order valence-electron chi connectivity index (χ0n) is 17.4. The standard InChI is InChI=1S/C21H28FNO6/c1-11-14(18(24)25)10-15(22)17-16(11)27-21(5,28-17)12-6-8-13(9-7-12)23-19(26)29-20(2,3)4/h10,12-13H,6-9H2,1-5H3,(H,23,26)(H,24,25). The molecule has 1 heterocycles. The van der Waals surface area contributed by atoms with Gasteiger partial charge in [0.15, 0.2) is 11.6 Å². The number of carboxylic acid groups (broad SMARTS) is 1. The first-order chi connectivity index (χ1) is 13.4. The summed E-state index contributed by atoms with van der Waals surface area (Å²) in [5.41, 5.74) is -0.347. The molecule has 2 N–H and O–H groups in total. The van der Waals surface area contributed by atoms with Crippen molar-refractivity contribution in [3.63, 3.8) is 0 Å². The largest absolute Gasteiger partial charge is 0.478 e. The summed E-state index contributed by atoms with van der Waals surface area (Å²) in [5, 5.41) is 12.2. The molecule has 2 aliphatic rings. The fourth-order valence-corrected chi connectivity index (χ4v) is 3.97. The number of amides is 1. The predicted octanol–water partition coefficient (Wildman–Crippen LogP) is 4.40. The van der Waals surface area contributed by atoms with Crippen LogP contribution in [-0.2, 0) is 4.74 Å². The van der Waals surface area contributed by atoms with Gasteiger partial charge in [-0.3, -0.25) is 0 Å². The Bertz CT molecular complexity index is 825. The van der Waals surface area contributed by atoms with E-state index in [4.69, 9.17) is 14.2 Å². The first-order valence-corrected chi connectivity index (χ1v) is 9.83. The second kappa shape index (κ2) is 7.39. The average molecular weight is 409 g/mol. The normalized spacial score (nSPS) is 26.1. The summed E-state index contributed by atoms with van der Waals surface area (Å²) in [7, 11) is 0. The molecule has 1 unspecified atom stereocenters. The number of carbonyl (C=O) groups excluding carboxylic acids is 1. The highest BCUT2D eigenvalue weighted by Crippen LogP contribution is 2.49. The van der Waals surface area contributed by atoms with Crippen molar-refractivity contribution in [2.75, 3.05) is 0 Å². The van der Waals surface area contributed by atoms with Gasteiger partial charge < -0.3 is 24.6 Å². The Kier molecular flexibility index (Phi) is 5.40. The van der Waals surface area contributed by atoms with Crippen LogP contribution in [0.3, 0.4) is 0 Å². The van der Waals surface area contributed by atoms with Gasteiger partial charge in [-0.2, -0.15) is 0 Å². The summed E-state index contributed by atoms with van der Waals surface area (Å²) in [4.78, 5) is 23.3. The van der Waals surface area contributed by atoms with Gasteiger partial charge in [0.1, 0.15) is 5.60 Å². The van der Waals surface area contributed by atoms with Gasteiger partial charge in [0, 0.05) is 24.4 Å². The molecular weight excluding hydrogens is 381 g/mol. The van der Waals surface area contributed by atoms with E-state index in [9.17, 15) is 19.1 Å². The summed E-state index contributed by atoms with van der Waals surface area (Å²) in [5.74, 6) is -2.95. The fourth-order valence-electron chi connectivity index (χ4n) is 3.97. The summed E-state index contributed by atoms with van der Waals surface area (Å²) in [6.07, 6.45) is 2.40. The van der Waals surface area contributed by atoms with E-state index in [2.05, 4.69) is 5.32 Å². The highest BCUT2D eigenvalue weighted by Gasteiger charge is 2.47. The Morgan fingerprint density at radius 1 is 1.21 bits per heavy atom. The summed E-state index contributed by atoms with van der Waals surface area (Å²) < 4.78 is 31.6. The van der Waals surface area contributed by atoms with E-state index in [0.717, 1.165) is 6.07 Å². The molecule has 1 aliphatic carbocycles. The maximum atomic E-state index is 14.4. The van der Waals surface area contributed by atoms with Crippen LogP contribution in [0.1, 0.15) is 69.3 Å². The van der Waals surface area contributed by atoms with Crippen LogP contribution in [0.15, 0.2) is 6.07 Å². The molecule has 29 heavy (non-hydrogen) atoms. The van der Waals surface area contributed by atoms with Crippen LogP contribution >= 0.6 is 0 Å². The van der Waals surface area contributed by atoms with Crippen molar-refractivity contribution in [1.82, 2.24) is 5.32 Å². The Hall–Kier alpha value is -2.51. The number of benzene rings is 1. The summed E-state index contributed by atoms with van der Waals surface area (Å²) >= 11 is 0. The molecule has 1 aliphatic heterocycles. The van der Waals surface area contributed by atoms with Crippen molar-refractivity contribution in [3.05, 3.63) is 23.0 Å². The van der Waals surface area contributed by atoms with Gasteiger partial charge >= 0.3 is 12.1 Å². The lowest BCUT2D eigenvalue weighted by molar-refractivity contribution is -0.122. The molecule has 1 atom stereocenters. The molecule has 0 bridgehead atoms. The lowest BCUT2D eigenvalue weighted by Crippen LogP contribution is -2.48. The molecule has 0 saturated heterocycles. The molecule has 0 spiro atoms. The van der Waals surface area contributed by atoms with E-state index < -0.39 is 29.3 Å². The van der Waals surface area contributed by atoms with Gasteiger partial charge in [-0.15, -0.1) is 0 Å². The number of halogens is 1. The van der Waals surface area contributed by atoms with E-state index in [1.54, 1.807) is 13.8 Å². The van der Waals surface area contributed by atoms with Gasteiger partial charge in [-0.1, -0.05) is 0 Å². The second-order valence-corrected chi connectivity index (χ2v) is 8.91. The smallest absolute Gasteiger partial charge is 0.407 e. The number of alkyl carbamates (subject to hydrolysis) is 1. The van der Waals surface area contributed by atoms with Crippen molar-refractivity contribution >= 4 is 12.1 Å². The number of nitrogens with one attached hydrogen (secondary N) is 1. The molecule has 3 rings (SSSR count). The lowest BCUT2D eigenvalue weighted by Gasteiger charge is -2.37. The van der Waals surface area contributed by atoms with Crippen molar-refractivity contribution in [2.24, 2.45) is 5.92 Å². The van der Waals surface area contributed by atoms with Gasteiger partial charge in [-0.05, 0) is 59.4 Å². The van der Waals surface area contributed by atoms with E-state index in [1.165, 1.54) is 0 Å². The highest BCUT2D eigenvalue weighted by atomic mass is 19.1. The van der Waals surface area contributed by atoms with Crippen LogP contribution in [0.5, 0.6) is 11.5 Å². The molecule has 0 aromatic heterocycles. The molecule has 1 amide bonds. The van der Waals surface area contributed by atoms with Crippen LogP contribution in [0, 0.1) is 18.7 Å². The van der Waals surface area contributed by atoms with Crippen LogP contribution in [-0.4, -0.2) is 34.6 Å². The molecule has 1 fully saturated rings. The average Bonchev–Trinajstić information content (AvgIpc) is 2.96. The van der Waals surface area contributed by atoms with Gasteiger partial charge in [0.05, 0.1) is 5.56 Å². The molecule has 160 valence electrons. The molecule has 8 heteroatoms. The third-order valence-corrected chi connectivity index (χ3v) is 5.47. The van der Waals surface area contributed by atoms with E-state index in [0.29, 0.717) is 31.2 Å². The van der Waals surface area contributed by atoms with Crippen LogP contribution < -0.4 is 14.8 Å². The van der Waals surface area contributed by atoms with Crippen molar-refractivity contribution < 1.29 is 33.3 Å². The van der Waals surface area contributed by atoms with Gasteiger partial charge in [0.2, 0.25) is 5.75 Å². The van der Waals surface area contributed by atoms with E-state index in [1.807, 2.05) is 20.8 Å². The molecule has 1 saturated carbocycles. The molecule has 0 radical (unpaired) electrons. The number of hydrogen-bond acceptors (Lipinski definition) is 5. The number of aromatic carboxylic acids is 1. The lowest BCUT2D eigenvalue weighted by atomic mass is 9.81. The molecule has 7 nitrogen and oxygen atoms in total. The number of fused-ring (bicyclic) bond motifs is 1. The first kappa shape index (κ1) is 21.2. The maximum absolute atomic E-state index is 14.4. The Labute approximate surface area is 169 Å².